The van der Waals surface area contributed by atoms with Crippen molar-refractivity contribution in [3.8, 4) is 0 Å². The minimum Gasteiger partial charge on any atom is -0.462 e. The molecule has 0 aromatic rings. The van der Waals surface area contributed by atoms with Crippen molar-refractivity contribution in [1.82, 2.24) is 0 Å². The number of unbranched alkanes of at least 4 members (excludes halogenated alkanes) is 15. The van der Waals surface area contributed by atoms with E-state index in [0.29, 0.717) is 32.1 Å². The average Bonchev–Trinajstić information content (AvgIpc) is 3.57. The highest BCUT2D eigenvalue weighted by atomic mass is 31.2. The van der Waals surface area contributed by atoms with Crippen molar-refractivity contribution in [2.24, 2.45) is 17.8 Å². The largest absolute Gasteiger partial charge is 0.472 e. The maximum Gasteiger partial charge on any atom is 0.472 e. The molecule has 360 valence electrons. The van der Waals surface area contributed by atoms with Crippen molar-refractivity contribution in [3.63, 3.8) is 0 Å². The molecule has 0 heterocycles. The number of phosphoric acid groups is 2. The second-order valence-corrected chi connectivity index (χ2v) is 19.5. The monoisotopic (exact) mass is 922 g/mol. The molecule has 0 aliphatic heterocycles. The molecule has 0 fully saturated rings. The van der Waals surface area contributed by atoms with Crippen molar-refractivity contribution in [1.29, 1.82) is 0 Å². The molecule has 0 saturated heterocycles. The average molecular weight is 923 g/mol. The number of ketones is 1. The van der Waals surface area contributed by atoms with E-state index in [9.17, 15) is 38.6 Å². The van der Waals surface area contributed by atoms with Gasteiger partial charge in [-0.05, 0) is 50.0 Å². The van der Waals surface area contributed by atoms with Gasteiger partial charge in [-0.25, -0.2) is 9.13 Å². The zero-order valence-electron chi connectivity index (χ0n) is 37.7. The van der Waals surface area contributed by atoms with Crippen LogP contribution in [0.4, 0.5) is 0 Å². The van der Waals surface area contributed by atoms with Gasteiger partial charge in [-0.15, -0.1) is 0 Å². The molecular weight excluding hydrogens is 842 g/mol. The fraction of sp³-hybridized carbons (Fsp3) is 0.800. The van der Waals surface area contributed by atoms with E-state index in [0.717, 1.165) is 44.4 Å². The summed E-state index contributed by atoms with van der Waals surface area (Å²) < 4.78 is 47.8. The van der Waals surface area contributed by atoms with Crippen LogP contribution in [0.2, 0.25) is 0 Å². The fourth-order valence-electron chi connectivity index (χ4n) is 6.82. The first-order chi connectivity index (χ1) is 29.5. The summed E-state index contributed by atoms with van der Waals surface area (Å²) in [6.45, 7) is 3.76. The topological polar surface area (TPSA) is 233 Å². The standard InChI is InChI=1S/C45H80O15P2/c1-4-5-19-26-39(46)30-31-42-38(29-32-43(42)48)25-21-17-18-23-28-45(50)60-41(36-59-62(54,55)58-34-40(47)33-57-61(51,52)53)35-56-44(49)27-22-16-14-12-10-8-6-7-9-11-13-15-20-24-37(2)3/h17,21,29-32,37-42,46-47H,4-16,18-20,22-28,33-36H2,1-3H3,(H,54,55)(H2,51,52,53)/b21-17-,31-30+/t38-,39-,40-,41+,42+/m0/s1. The third-order valence-corrected chi connectivity index (χ3v) is 11.9. The highest BCUT2D eigenvalue weighted by molar-refractivity contribution is 7.47. The van der Waals surface area contributed by atoms with Crippen molar-refractivity contribution in [2.45, 2.75) is 187 Å². The van der Waals surface area contributed by atoms with E-state index in [1.165, 1.54) is 64.2 Å². The van der Waals surface area contributed by atoms with Crippen LogP contribution in [0.5, 0.6) is 0 Å². The smallest absolute Gasteiger partial charge is 0.462 e. The molecule has 1 aliphatic carbocycles. The van der Waals surface area contributed by atoms with E-state index in [4.69, 9.17) is 23.8 Å². The SMILES string of the molecule is CCCCC[C@H](O)/C=C/[C@H]1C(=O)C=C[C@@H]1C/C=C\CCCC(=O)O[C@H](COC(=O)CCCCCCCCCCCCCCCC(C)C)COP(=O)(O)OC[C@@H](O)COP(=O)(O)O. The molecule has 1 unspecified atom stereocenters. The van der Waals surface area contributed by atoms with Crippen LogP contribution in [0.25, 0.3) is 0 Å². The second-order valence-electron chi connectivity index (χ2n) is 16.8. The molecule has 0 amide bonds. The van der Waals surface area contributed by atoms with Gasteiger partial charge in [0.05, 0.1) is 25.9 Å². The van der Waals surface area contributed by atoms with Gasteiger partial charge in [0.2, 0.25) is 0 Å². The highest BCUT2D eigenvalue weighted by Crippen LogP contribution is 2.44. The number of hydrogen-bond acceptors (Lipinski definition) is 12. The molecule has 15 nitrogen and oxygen atoms in total. The van der Waals surface area contributed by atoms with E-state index in [2.05, 4.69) is 29.8 Å². The Labute approximate surface area is 371 Å². The summed E-state index contributed by atoms with van der Waals surface area (Å²) in [5.41, 5.74) is 0. The minimum absolute atomic E-state index is 0.00158. The molecule has 1 rings (SSSR count). The van der Waals surface area contributed by atoms with Crippen LogP contribution in [-0.4, -0.2) is 87.4 Å². The number of aliphatic hydroxyl groups is 2. The van der Waals surface area contributed by atoms with Crippen LogP contribution in [0, 0.1) is 17.8 Å². The summed E-state index contributed by atoms with van der Waals surface area (Å²) in [5, 5.41) is 20.0. The first-order valence-corrected chi connectivity index (χ1v) is 26.1. The van der Waals surface area contributed by atoms with E-state index in [1.807, 2.05) is 18.2 Å². The normalized spacial score (nSPS) is 18.2. The zero-order chi connectivity index (χ0) is 46.1. The lowest BCUT2D eigenvalue weighted by molar-refractivity contribution is -0.161. The van der Waals surface area contributed by atoms with Crippen LogP contribution in [0.1, 0.15) is 168 Å². The van der Waals surface area contributed by atoms with Gasteiger partial charge in [-0.1, -0.05) is 154 Å². The zero-order valence-corrected chi connectivity index (χ0v) is 39.5. The quantitative estimate of drug-likeness (QED) is 0.0167. The molecule has 0 saturated carbocycles. The molecule has 0 spiro atoms. The van der Waals surface area contributed by atoms with Gasteiger partial charge in [0.15, 0.2) is 11.9 Å². The number of carbonyl (C=O) groups excluding carboxylic acids is 3. The Morgan fingerprint density at radius 3 is 1.89 bits per heavy atom. The Morgan fingerprint density at radius 2 is 1.27 bits per heavy atom. The van der Waals surface area contributed by atoms with Gasteiger partial charge in [-0.2, -0.15) is 0 Å². The Bertz CT molecular complexity index is 1390. The van der Waals surface area contributed by atoms with Crippen molar-refractivity contribution in [3.05, 3.63) is 36.5 Å². The van der Waals surface area contributed by atoms with Crippen LogP contribution in [0.15, 0.2) is 36.5 Å². The number of carbonyl (C=O) groups is 3. The van der Waals surface area contributed by atoms with Crippen LogP contribution >= 0.6 is 15.6 Å². The molecule has 0 aromatic carbocycles. The Hall–Kier alpha value is -2.03. The first-order valence-electron chi connectivity index (χ1n) is 23.1. The lowest BCUT2D eigenvalue weighted by atomic mass is 9.90. The van der Waals surface area contributed by atoms with Gasteiger partial charge in [0.25, 0.3) is 0 Å². The molecule has 5 N–H and O–H groups in total. The molecule has 0 bridgehead atoms. The minimum atomic E-state index is -4.89. The van der Waals surface area contributed by atoms with Crippen LogP contribution < -0.4 is 0 Å². The van der Waals surface area contributed by atoms with E-state index in [-0.39, 0.29) is 30.5 Å². The summed E-state index contributed by atoms with van der Waals surface area (Å²) >= 11 is 0. The van der Waals surface area contributed by atoms with Crippen LogP contribution in [-0.2, 0) is 46.6 Å². The molecule has 0 aromatic heterocycles. The number of hydrogen-bond donors (Lipinski definition) is 5. The van der Waals surface area contributed by atoms with Crippen molar-refractivity contribution in [2.75, 3.05) is 26.4 Å². The summed E-state index contributed by atoms with van der Waals surface area (Å²) in [7, 11) is -9.75. The van der Waals surface area contributed by atoms with E-state index < -0.39 is 72.3 Å². The Balaban J connectivity index is 2.51. The van der Waals surface area contributed by atoms with Crippen LogP contribution in [0.3, 0.4) is 0 Å². The fourth-order valence-corrected chi connectivity index (χ4v) is 7.97. The summed E-state index contributed by atoms with van der Waals surface area (Å²) in [4.78, 5) is 65.3. The number of esters is 2. The molecular formula is C45H80O15P2. The first kappa shape index (κ1) is 58.0. The molecule has 0 radical (unpaired) electrons. The lowest BCUT2D eigenvalue weighted by Gasteiger charge is -2.20. The lowest BCUT2D eigenvalue weighted by Crippen LogP contribution is -2.29. The van der Waals surface area contributed by atoms with Gasteiger partial charge in [-0.3, -0.25) is 28.0 Å². The van der Waals surface area contributed by atoms with Gasteiger partial charge in [0.1, 0.15) is 12.7 Å². The number of phosphoric ester groups is 2. The second kappa shape index (κ2) is 35.3. The number of aliphatic hydroxyl groups excluding tert-OH is 2. The number of ether oxygens (including phenoxy) is 2. The van der Waals surface area contributed by atoms with Gasteiger partial charge >= 0.3 is 27.6 Å². The number of allylic oxidation sites excluding steroid dienone is 5. The predicted octanol–water partition coefficient (Wildman–Crippen LogP) is 9.54. The summed E-state index contributed by atoms with van der Waals surface area (Å²) in [6.07, 6.45) is 29.2. The molecule has 62 heavy (non-hydrogen) atoms. The Morgan fingerprint density at radius 1 is 0.710 bits per heavy atom. The highest BCUT2D eigenvalue weighted by Gasteiger charge is 2.29. The van der Waals surface area contributed by atoms with Crippen molar-refractivity contribution < 1.29 is 71.5 Å². The molecule has 1 aliphatic rings. The number of rotatable bonds is 40. The van der Waals surface area contributed by atoms with E-state index in [1.54, 1.807) is 18.2 Å². The van der Waals surface area contributed by atoms with Gasteiger partial charge in [0, 0.05) is 18.8 Å². The Kier molecular flexibility index (Phi) is 33.0. The maximum absolute atomic E-state index is 12.8. The molecule has 6 atom stereocenters. The summed E-state index contributed by atoms with van der Waals surface area (Å²) in [6, 6.07) is 0. The third kappa shape index (κ3) is 33.5. The third-order valence-electron chi connectivity index (χ3n) is 10.4. The van der Waals surface area contributed by atoms with Crippen molar-refractivity contribution >= 4 is 33.4 Å². The predicted molar refractivity (Wildman–Crippen MR) is 239 cm³/mol. The molecule has 17 heteroatoms. The van der Waals surface area contributed by atoms with E-state index >= 15 is 0 Å². The van der Waals surface area contributed by atoms with Gasteiger partial charge < -0.3 is 34.4 Å². The maximum atomic E-state index is 12.8. The summed E-state index contributed by atoms with van der Waals surface area (Å²) in [5.74, 6) is -0.744.